The van der Waals surface area contributed by atoms with E-state index in [0.717, 1.165) is 10.5 Å². The average Bonchev–Trinajstić information content (AvgIpc) is 4.08. The second-order valence-corrected chi connectivity index (χ2v) is 18.3. The van der Waals surface area contributed by atoms with E-state index in [1.54, 1.807) is 79.9 Å². The van der Waals surface area contributed by atoms with Gasteiger partial charge in [0.05, 0.1) is 50.8 Å². The second-order valence-electron chi connectivity index (χ2n) is 14.7. The molecule has 1 aliphatic rings. The Bertz CT molecular complexity index is 2930. The van der Waals surface area contributed by atoms with Gasteiger partial charge in [0, 0.05) is 37.8 Å². The maximum Gasteiger partial charge on any atom is 0.407 e. The third-order valence-corrected chi connectivity index (χ3v) is 14.3. The van der Waals surface area contributed by atoms with Crippen LogP contribution in [0.25, 0.3) is 33.5 Å². The second kappa shape index (κ2) is 17.8. The molecule has 1 fully saturated rings. The highest BCUT2D eigenvalue weighted by Crippen LogP contribution is 2.43. The Morgan fingerprint density at radius 3 is 1.98 bits per heavy atom. The van der Waals surface area contributed by atoms with E-state index in [0.29, 0.717) is 45.0 Å². The fourth-order valence-corrected chi connectivity index (χ4v) is 11.2. The van der Waals surface area contributed by atoms with Crippen molar-refractivity contribution >= 4 is 37.2 Å². The number of aromatic amines is 1. The van der Waals surface area contributed by atoms with Crippen LogP contribution in [0.1, 0.15) is 23.1 Å². The van der Waals surface area contributed by atoms with Gasteiger partial charge < -0.3 is 29.2 Å². The zero-order chi connectivity index (χ0) is 44.3. The Balaban J connectivity index is 1.37. The first-order chi connectivity index (χ1) is 30.4. The molecule has 1 saturated heterocycles. The number of hydrogen-bond acceptors (Lipinski definition) is 12. The first-order valence-electron chi connectivity index (χ1n) is 19.6. The van der Waals surface area contributed by atoms with Gasteiger partial charge in [0.25, 0.3) is 0 Å². The number of imidazole rings is 1. The maximum atomic E-state index is 16.0. The highest BCUT2D eigenvalue weighted by Gasteiger charge is 2.39. The number of fused-ring (bicyclic) bond motifs is 1. The van der Waals surface area contributed by atoms with Gasteiger partial charge in [-0.1, -0.05) is 54.6 Å². The lowest BCUT2D eigenvalue weighted by molar-refractivity contribution is 0.155. The number of benzene rings is 5. The summed E-state index contributed by atoms with van der Waals surface area (Å²) in [6, 6.07) is 28.2. The summed E-state index contributed by atoms with van der Waals surface area (Å²) >= 11 is 0. The minimum atomic E-state index is -4.92. The lowest BCUT2D eigenvalue weighted by Gasteiger charge is -2.26. The largest absolute Gasteiger partial charge is 0.497 e. The predicted molar refractivity (Wildman–Crippen MR) is 231 cm³/mol. The maximum absolute atomic E-state index is 16.0. The van der Waals surface area contributed by atoms with E-state index in [9.17, 15) is 18.3 Å². The molecular formula is C43H43N9O9S2. The van der Waals surface area contributed by atoms with E-state index in [1.165, 1.54) is 41.8 Å². The quantitative estimate of drug-likeness (QED) is 0.111. The van der Waals surface area contributed by atoms with Gasteiger partial charge in [0.2, 0.25) is 25.9 Å². The van der Waals surface area contributed by atoms with Crippen molar-refractivity contribution in [2.45, 2.75) is 41.9 Å². The van der Waals surface area contributed by atoms with Gasteiger partial charge in [-0.2, -0.15) is 9.10 Å². The van der Waals surface area contributed by atoms with Gasteiger partial charge in [-0.3, -0.25) is 0 Å². The number of carboxylic acid groups (broad SMARTS) is 1. The van der Waals surface area contributed by atoms with Crippen molar-refractivity contribution in [3.63, 3.8) is 0 Å². The standard InChI is InChI=1S/C43H43N9O9S2/c1-59-32-13-7-28(8-14-32)23-51(24-29-9-15-33(60-2)16-10-29)63(57,58)41-38(62(55,56)48-31-21-22-50(26-31)43(53)54)20-19-35(36-5-4-6-37-40(36)45-27-44-37)39(41)42-46-49-52(47-42)25-30-11-17-34(61-3)18-12-30/h4-20,27,31,48H,21-26H2,1-3H3,(H,44,45)(H,53,54)/t31-/m1/s1. The molecule has 18 nitrogen and oxygen atoms in total. The Morgan fingerprint density at radius 1 is 0.810 bits per heavy atom. The minimum Gasteiger partial charge on any atom is -0.497 e. The highest BCUT2D eigenvalue weighted by atomic mass is 32.2. The van der Waals surface area contributed by atoms with Crippen LogP contribution in [0.2, 0.25) is 0 Å². The van der Waals surface area contributed by atoms with E-state index in [2.05, 4.69) is 25.0 Å². The SMILES string of the molecule is COc1ccc(CN(Cc2ccc(OC)cc2)S(=O)(=O)c2c(S(=O)(=O)N[C@@H]3CCN(C(=O)O)C3)ccc(-c3cccc4[nH]cnc34)c2-c2nnn(Cc3ccc(OC)cc3)n2)cc1. The first kappa shape index (κ1) is 42.8. The number of aromatic nitrogens is 6. The third kappa shape index (κ3) is 9.05. The van der Waals surface area contributed by atoms with Crippen LogP contribution in [-0.2, 0) is 39.7 Å². The Labute approximate surface area is 363 Å². The molecule has 5 aromatic carbocycles. The lowest BCUT2D eigenvalue weighted by Crippen LogP contribution is -2.39. The minimum absolute atomic E-state index is 0.0876. The van der Waals surface area contributed by atoms with Crippen LogP contribution < -0.4 is 18.9 Å². The molecule has 1 atom stereocenters. The van der Waals surface area contributed by atoms with Gasteiger partial charge in [-0.05, 0) is 82.4 Å². The van der Waals surface area contributed by atoms with Crippen molar-refractivity contribution in [2.75, 3.05) is 34.4 Å². The summed E-state index contributed by atoms with van der Waals surface area (Å²) in [6.45, 7) is -0.309. The van der Waals surface area contributed by atoms with Gasteiger partial charge in [0.15, 0.2) is 0 Å². The Kier molecular flexibility index (Phi) is 12.1. The summed E-state index contributed by atoms with van der Waals surface area (Å²) in [5.41, 5.74) is 3.66. The number of carbonyl (C=O) groups is 1. The fourth-order valence-electron chi connectivity index (χ4n) is 7.50. The number of para-hydroxylation sites is 1. The zero-order valence-corrected chi connectivity index (χ0v) is 36.0. The van der Waals surface area contributed by atoms with Crippen LogP contribution in [0.4, 0.5) is 4.79 Å². The molecule has 20 heteroatoms. The molecule has 0 radical (unpaired) electrons. The summed E-state index contributed by atoms with van der Waals surface area (Å²) in [6.07, 6.45) is 0.475. The van der Waals surface area contributed by atoms with Crippen LogP contribution in [0.3, 0.4) is 0 Å². The molecule has 0 aliphatic carbocycles. The van der Waals surface area contributed by atoms with Crippen LogP contribution in [-0.4, -0.2) is 108 Å². The van der Waals surface area contributed by atoms with E-state index in [-0.39, 0.29) is 56.1 Å². The monoisotopic (exact) mass is 893 g/mol. The number of sulfonamides is 2. The van der Waals surface area contributed by atoms with Crippen molar-refractivity contribution in [1.29, 1.82) is 0 Å². The Morgan fingerprint density at radius 2 is 1.41 bits per heavy atom. The van der Waals surface area contributed by atoms with Gasteiger partial charge in [-0.25, -0.2) is 31.3 Å². The topological polar surface area (TPSA) is 224 Å². The van der Waals surface area contributed by atoms with Crippen LogP contribution in [0, 0.1) is 0 Å². The number of nitrogens with one attached hydrogen (secondary N) is 2. The number of rotatable bonds is 16. The molecule has 0 saturated carbocycles. The third-order valence-electron chi connectivity index (χ3n) is 10.7. The number of nitrogens with zero attached hydrogens (tertiary/aromatic N) is 7. The number of methoxy groups -OCH3 is 3. The van der Waals surface area contributed by atoms with Gasteiger partial charge in [-0.15, -0.1) is 10.2 Å². The number of amides is 1. The van der Waals surface area contributed by atoms with Crippen molar-refractivity contribution < 1.29 is 40.9 Å². The van der Waals surface area contributed by atoms with Crippen molar-refractivity contribution in [1.82, 2.24) is 44.1 Å². The van der Waals surface area contributed by atoms with Crippen LogP contribution in [0.15, 0.2) is 119 Å². The number of likely N-dealkylation sites (tertiary alicyclic amines) is 1. The van der Waals surface area contributed by atoms with Crippen LogP contribution >= 0.6 is 0 Å². The van der Waals surface area contributed by atoms with E-state index in [4.69, 9.17) is 19.3 Å². The molecule has 0 spiro atoms. The molecule has 3 heterocycles. The summed E-state index contributed by atoms with van der Waals surface area (Å²) < 4.78 is 81.4. The fraction of sp³-hybridized carbons (Fsp3) is 0.233. The molecule has 1 amide bonds. The molecule has 0 bridgehead atoms. The molecule has 326 valence electrons. The number of tetrazole rings is 1. The molecule has 1 aliphatic heterocycles. The lowest BCUT2D eigenvalue weighted by atomic mass is 9.98. The molecule has 7 aromatic rings. The van der Waals surface area contributed by atoms with Crippen molar-refractivity contribution in [3.05, 3.63) is 126 Å². The van der Waals surface area contributed by atoms with Gasteiger partial charge >= 0.3 is 6.09 Å². The van der Waals surface area contributed by atoms with E-state index < -0.39 is 42.0 Å². The van der Waals surface area contributed by atoms with Crippen LogP contribution in [0.5, 0.6) is 17.2 Å². The average molecular weight is 894 g/mol. The molecule has 3 N–H and O–H groups in total. The highest BCUT2D eigenvalue weighted by molar-refractivity contribution is 7.92. The molecule has 8 rings (SSSR count). The summed E-state index contributed by atoms with van der Waals surface area (Å²) in [4.78, 5) is 20.6. The van der Waals surface area contributed by atoms with Gasteiger partial charge in [0.1, 0.15) is 27.0 Å². The number of ether oxygens (including phenoxy) is 3. The smallest absolute Gasteiger partial charge is 0.407 e. The first-order valence-corrected chi connectivity index (χ1v) is 22.6. The number of hydrogen-bond donors (Lipinski definition) is 3. The zero-order valence-electron chi connectivity index (χ0n) is 34.4. The molecular weight excluding hydrogens is 851 g/mol. The normalized spacial score (nSPS) is 14.3. The van der Waals surface area contributed by atoms with Crippen molar-refractivity contribution in [2.24, 2.45) is 0 Å². The predicted octanol–water partition coefficient (Wildman–Crippen LogP) is 5.38. The van der Waals surface area contributed by atoms with Crippen molar-refractivity contribution in [3.8, 4) is 39.8 Å². The number of H-pyrrole nitrogens is 1. The summed E-state index contributed by atoms with van der Waals surface area (Å²) in [5, 5.41) is 23.1. The molecule has 63 heavy (non-hydrogen) atoms. The summed E-state index contributed by atoms with van der Waals surface area (Å²) in [7, 11) is -5.05. The molecule has 0 unspecified atom stereocenters. The van der Waals surface area contributed by atoms with E-state index in [1.807, 2.05) is 18.2 Å². The Hall–Kier alpha value is -6.87. The summed E-state index contributed by atoms with van der Waals surface area (Å²) in [5.74, 6) is 1.59. The molecule has 2 aromatic heterocycles. The van der Waals surface area contributed by atoms with E-state index >= 15 is 8.42 Å².